The van der Waals surface area contributed by atoms with Crippen LogP contribution in [0.2, 0.25) is 0 Å². The first-order chi connectivity index (χ1) is 8.49. The van der Waals surface area contributed by atoms with Gasteiger partial charge in [-0.15, -0.1) is 12.6 Å². The molecule has 0 bridgehead atoms. The molecule has 0 aromatic heterocycles. The Kier molecular flexibility index (Phi) is 5.17. The van der Waals surface area contributed by atoms with Gasteiger partial charge in [0.2, 0.25) is 0 Å². The first-order valence-corrected chi connectivity index (χ1v) is 6.11. The highest BCUT2D eigenvalue weighted by Crippen LogP contribution is 2.16. The molecule has 1 unspecified atom stereocenters. The predicted molar refractivity (Wildman–Crippen MR) is 70.0 cm³/mol. The van der Waals surface area contributed by atoms with E-state index in [0.717, 1.165) is 0 Å². The Labute approximate surface area is 112 Å². The van der Waals surface area contributed by atoms with Gasteiger partial charge < -0.3 is 4.90 Å². The molecule has 1 aromatic rings. The van der Waals surface area contributed by atoms with Crippen molar-refractivity contribution >= 4 is 18.5 Å². The highest BCUT2D eigenvalue weighted by Gasteiger charge is 2.19. The monoisotopic (exact) mass is 266 g/mol. The van der Waals surface area contributed by atoms with Crippen LogP contribution in [0.25, 0.3) is 0 Å². The van der Waals surface area contributed by atoms with E-state index in [1.807, 2.05) is 0 Å². The van der Waals surface area contributed by atoms with E-state index in [9.17, 15) is 9.18 Å². The Hall–Kier alpha value is -1.54. The molecular formula is C13H15FN2OS. The highest BCUT2D eigenvalue weighted by molar-refractivity contribution is 7.80. The average molecular weight is 266 g/mol. The standard InChI is InChI=1S/C13H15FN2OS/c1-3-16(8-9(2)7-15)13(17)11-6-10(18)4-5-12(11)14/h4-6,9,18H,3,8H2,1-2H3. The summed E-state index contributed by atoms with van der Waals surface area (Å²) in [5.74, 6) is -1.26. The zero-order valence-electron chi connectivity index (χ0n) is 10.4. The lowest BCUT2D eigenvalue weighted by Gasteiger charge is -2.22. The molecule has 0 saturated carbocycles. The van der Waals surface area contributed by atoms with E-state index in [1.54, 1.807) is 13.8 Å². The molecule has 5 heteroatoms. The van der Waals surface area contributed by atoms with Gasteiger partial charge in [0.25, 0.3) is 5.91 Å². The Morgan fingerprint density at radius 3 is 2.83 bits per heavy atom. The van der Waals surface area contributed by atoms with Gasteiger partial charge in [0.05, 0.1) is 17.6 Å². The highest BCUT2D eigenvalue weighted by atomic mass is 32.1. The minimum atomic E-state index is -0.569. The summed E-state index contributed by atoms with van der Waals surface area (Å²) in [5, 5.41) is 8.76. The molecule has 0 N–H and O–H groups in total. The molecule has 0 aliphatic rings. The molecule has 1 amide bonds. The van der Waals surface area contributed by atoms with E-state index in [2.05, 4.69) is 18.7 Å². The molecule has 1 aromatic carbocycles. The second kappa shape index (κ2) is 6.41. The zero-order valence-corrected chi connectivity index (χ0v) is 11.2. The summed E-state index contributed by atoms with van der Waals surface area (Å²) < 4.78 is 13.6. The van der Waals surface area contributed by atoms with Crippen molar-refractivity contribution in [2.24, 2.45) is 5.92 Å². The fourth-order valence-electron chi connectivity index (χ4n) is 1.57. The number of carbonyl (C=O) groups is 1. The number of amides is 1. The number of hydrogen-bond donors (Lipinski definition) is 1. The molecule has 0 aliphatic heterocycles. The van der Waals surface area contributed by atoms with E-state index < -0.39 is 11.7 Å². The van der Waals surface area contributed by atoms with Crippen molar-refractivity contribution in [3.05, 3.63) is 29.6 Å². The quantitative estimate of drug-likeness (QED) is 0.852. The number of benzene rings is 1. The minimum absolute atomic E-state index is 0.00510. The first kappa shape index (κ1) is 14.5. The number of thiol groups is 1. The second-order valence-corrected chi connectivity index (χ2v) is 4.55. The number of nitriles is 1. The number of nitrogens with zero attached hydrogens (tertiary/aromatic N) is 2. The summed E-state index contributed by atoms with van der Waals surface area (Å²) in [7, 11) is 0. The van der Waals surface area contributed by atoms with Crippen LogP contribution in [-0.2, 0) is 0 Å². The fraction of sp³-hybridized carbons (Fsp3) is 0.385. The Morgan fingerprint density at radius 2 is 2.28 bits per heavy atom. The molecular weight excluding hydrogens is 251 g/mol. The Bertz CT molecular complexity index is 484. The maximum atomic E-state index is 13.6. The van der Waals surface area contributed by atoms with Crippen LogP contribution in [0, 0.1) is 23.1 Å². The summed E-state index contributed by atoms with van der Waals surface area (Å²) in [6, 6.07) is 6.17. The van der Waals surface area contributed by atoms with Crippen molar-refractivity contribution in [2.75, 3.05) is 13.1 Å². The molecule has 1 atom stereocenters. The van der Waals surface area contributed by atoms with Crippen molar-refractivity contribution in [2.45, 2.75) is 18.7 Å². The summed E-state index contributed by atoms with van der Waals surface area (Å²) >= 11 is 4.09. The number of carbonyl (C=O) groups excluding carboxylic acids is 1. The molecule has 3 nitrogen and oxygen atoms in total. The van der Waals surface area contributed by atoms with Gasteiger partial charge in [0.15, 0.2) is 0 Å². The average Bonchev–Trinajstić information content (AvgIpc) is 2.37. The summed E-state index contributed by atoms with van der Waals surface area (Å²) in [5.41, 5.74) is -0.00510. The lowest BCUT2D eigenvalue weighted by Crippen LogP contribution is -2.34. The van der Waals surface area contributed by atoms with Gasteiger partial charge in [-0.1, -0.05) is 0 Å². The van der Waals surface area contributed by atoms with Gasteiger partial charge >= 0.3 is 0 Å². The molecule has 96 valence electrons. The lowest BCUT2D eigenvalue weighted by molar-refractivity contribution is 0.0747. The van der Waals surface area contributed by atoms with E-state index in [0.29, 0.717) is 18.0 Å². The van der Waals surface area contributed by atoms with Crippen molar-refractivity contribution < 1.29 is 9.18 Å². The third kappa shape index (κ3) is 3.47. The Morgan fingerprint density at radius 1 is 1.61 bits per heavy atom. The Balaban J connectivity index is 2.97. The van der Waals surface area contributed by atoms with Crippen molar-refractivity contribution in [3.63, 3.8) is 0 Å². The maximum absolute atomic E-state index is 13.6. The number of hydrogen-bond acceptors (Lipinski definition) is 3. The van der Waals surface area contributed by atoms with E-state index >= 15 is 0 Å². The summed E-state index contributed by atoms with van der Waals surface area (Å²) in [6.45, 7) is 4.24. The van der Waals surface area contributed by atoms with Gasteiger partial charge in [-0.05, 0) is 32.0 Å². The fourth-order valence-corrected chi connectivity index (χ4v) is 1.78. The normalized spacial score (nSPS) is 11.7. The van der Waals surface area contributed by atoms with Crippen LogP contribution in [0.15, 0.2) is 23.1 Å². The molecule has 0 aliphatic carbocycles. The summed E-state index contributed by atoms with van der Waals surface area (Å²) in [4.78, 5) is 14.1. The minimum Gasteiger partial charge on any atom is -0.338 e. The number of halogens is 1. The van der Waals surface area contributed by atoms with Gasteiger partial charge in [0, 0.05) is 18.0 Å². The van der Waals surface area contributed by atoms with E-state index in [4.69, 9.17) is 5.26 Å². The zero-order chi connectivity index (χ0) is 13.7. The molecule has 0 radical (unpaired) electrons. The maximum Gasteiger partial charge on any atom is 0.256 e. The van der Waals surface area contributed by atoms with Crippen LogP contribution < -0.4 is 0 Å². The smallest absolute Gasteiger partial charge is 0.256 e. The van der Waals surface area contributed by atoms with Crippen LogP contribution in [-0.4, -0.2) is 23.9 Å². The SMILES string of the molecule is CCN(CC(C)C#N)C(=O)c1cc(S)ccc1F. The second-order valence-electron chi connectivity index (χ2n) is 4.04. The molecule has 0 spiro atoms. The summed E-state index contributed by atoms with van der Waals surface area (Å²) in [6.07, 6.45) is 0. The van der Waals surface area contributed by atoms with Crippen LogP contribution >= 0.6 is 12.6 Å². The van der Waals surface area contributed by atoms with Crippen molar-refractivity contribution in [1.82, 2.24) is 4.90 Å². The van der Waals surface area contributed by atoms with Crippen LogP contribution in [0.3, 0.4) is 0 Å². The topological polar surface area (TPSA) is 44.1 Å². The molecule has 18 heavy (non-hydrogen) atoms. The first-order valence-electron chi connectivity index (χ1n) is 5.67. The predicted octanol–water partition coefficient (Wildman–Crippen LogP) is 2.74. The largest absolute Gasteiger partial charge is 0.338 e. The van der Waals surface area contributed by atoms with Gasteiger partial charge in [-0.2, -0.15) is 5.26 Å². The number of rotatable bonds is 4. The molecule has 0 saturated heterocycles. The van der Waals surface area contributed by atoms with Crippen LogP contribution in [0.5, 0.6) is 0 Å². The molecule has 1 rings (SSSR count). The van der Waals surface area contributed by atoms with Crippen LogP contribution in [0.1, 0.15) is 24.2 Å². The van der Waals surface area contributed by atoms with Gasteiger partial charge in [-0.25, -0.2) is 4.39 Å². The third-order valence-corrected chi connectivity index (χ3v) is 2.84. The van der Waals surface area contributed by atoms with Crippen molar-refractivity contribution in [3.8, 4) is 6.07 Å². The van der Waals surface area contributed by atoms with E-state index in [-0.39, 0.29) is 11.5 Å². The third-order valence-electron chi connectivity index (χ3n) is 2.56. The lowest BCUT2D eigenvalue weighted by atomic mass is 10.1. The van der Waals surface area contributed by atoms with Crippen LogP contribution in [0.4, 0.5) is 4.39 Å². The van der Waals surface area contributed by atoms with Gasteiger partial charge in [0.1, 0.15) is 5.82 Å². The van der Waals surface area contributed by atoms with E-state index in [1.165, 1.54) is 23.1 Å². The van der Waals surface area contributed by atoms with Gasteiger partial charge in [-0.3, -0.25) is 4.79 Å². The molecule has 0 heterocycles. The van der Waals surface area contributed by atoms with Crippen molar-refractivity contribution in [1.29, 1.82) is 5.26 Å². The molecule has 0 fully saturated rings.